The zero-order valence-electron chi connectivity index (χ0n) is 24.5. The Hall–Kier alpha value is -0.480. The fourth-order valence-corrected chi connectivity index (χ4v) is 3.71. The van der Waals surface area contributed by atoms with E-state index in [2.05, 4.69) is 42.9 Å². The molecule has 0 aromatic carbocycles. The van der Waals surface area contributed by atoms with Gasteiger partial charge in [0, 0.05) is 131 Å². The summed E-state index contributed by atoms with van der Waals surface area (Å²) in [5.41, 5.74) is 27.6. The highest BCUT2D eigenvalue weighted by atomic mass is 15.2. The second-order valence-electron chi connectivity index (χ2n) is 9.09. The van der Waals surface area contributed by atoms with Crippen molar-refractivity contribution >= 4 is 0 Å². The van der Waals surface area contributed by atoms with Gasteiger partial charge in [-0.25, -0.2) is 0 Å². The molecular weight excluding hydrogens is 468 g/mol. The highest BCUT2D eigenvalue weighted by molar-refractivity contribution is 4.70. The molecule has 0 radical (unpaired) electrons. The number of nitrogens with one attached hydrogen (secondary N) is 4. The average Bonchev–Trinajstić information content (AvgIpc) is 2.89. The van der Waals surface area contributed by atoms with E-state index in [9.17, 15) is 0 Å². The Morgan fingerprint density at radius 2 is 0.703 bits per heavy atom. The van der Waals surface area contributed by atoms with Gasteiger partial charge in [0.05, 0.1) is 0 Å². The van der Waals surface area contributed by atoms with Gasteiger partial charge >= 0.3 is 0 Å². The van der Waals surface area contributed by atoms with Crippen molar-refractivity contribution in [2.45, 2.75) is 20.3 Å². The summed E-state index contributed by atoms with van der Waals surface area (Å²) in [6.45, 7) is 24.4. The van der Waals surface area contributed by atoms with Crippen LogP contribution in [0.5, 0.6) is 0 Å². The normalized spacial score (nSPS) is 11.5. The third kappa shape index (κ3) is 29.9. The Morgan fingerprint density at radius 1 is 0.378 bits per heavy atom. The van der Waals surface area contributed by atoms with Crippen molar-refractivity contribution in [2.24, 2.45) is 28.7 Å². The Balaban J connectivity index is 0. The van der Waals surface area contributed by atoms with Gasteiger partial charge in [-0.3, -0.25) is 14.7 Å². The molecule has 0 bridgehead atoms. The fraction of sp³-hybridized carbons (Fsp3) is 1.00. The fourth-order valence-electron chi connectivity index (χ4n) is 3.71. The molecule has 0 aliphatic carbocycles. The molecule has 0 heterocycles. The first-order valence-corrected chi connectivity index (χ1v) is 14.6. The zero-order chi connectivity index (χ0) is 27.8. The van der Waals surface area contributed by atoms with E-state index in [-0.39, 0.29) is 0 Å². The molecule has 0 unspecified atom stereocenters. The summed E-state index contributed by atoms with van der Waals surface area (Å²) in [5, 5.41) is 13.8. The molecule has 0 fully saturated rings. The molecule has 0 aromatic rings. The van der Waals surface area contributed by atoms with Crippen molar-refractivity contribution < 1.29 is 0 Å². The van der Waals surface area contributed by atoms with Crippen LogP contribution in [0, 0.1) is 0 Å². The largest absolute Gasteiger partial charge is 0.331 e. The third-order valence-electron chi connectivity index (χ3n) is 5.72. The molecule has 226 valence electrons. The van der Waals surface area contributed by atoms with E-state index in [1.54, 1.807) is 0 Å². The Bertz CT molecular complexity index is 400. The maximum Gasteiger partial charge on any atom is 0.0110 e. The van der Waals surface area contributed by atoms with Crippen LogP contribution in [0.15, 0.2) is 0 Å². The molecular formula is C25H66N12. The van der Waals surface area contributed by atoms with Crippen LogP contribution < -0.4 is 49.9 Å². The first-order valence-electron chi connectivity index (χ1n) is 14.6. The van der Waals surface area contributed by atoms with Gasteiger partial charge in [0.25, 0.3) is 0 Å². The minimum Gasteiger partial charge on any atom is -0.331 e. The van der Waals surface area contributed by atoms with Gasteiger partial charge in [-0.05, 0) is 19.5 Å². The molecule has 0 amide bonds. The standard InChI is InChI=1S/C23H59N11.C2H7N/c1-2-7-28-12-19-34(22-20-32(15-5-26)16-6-27)23-21-33(17-13-30-9-4-25)18-14-31-11-10-29-8-3-24;1-2-3/h28-31H,2-27H2,1H3;2-3H2,1H3. The topological polar surface area (TPSA) is 188 Å². The lowest BCUT2D eigenvalue weighted by Crippen LogP contribution is -2.46. The van der Waals surface area contributed by atoms with Gasteiger partial charge in [-0.1, -0.05) is 13.8 Å². The predicted molar refractivity (Wildman–Crippen MR) is 162 cm³/mol. The molecule has 0 saturated heterocycles. The van der Waals surface area contributed by atoms with Crippen LogP contribution in [-0.2, 0) is 0 Å². The second kappa shape index (κ2) is 33.5. The van der Waals surface area contributed by atoms with Crippen molar-refractivity contribution in [1.82, 2.24) is 36.0 Å². The smallest absolute Gasteiger partial charge is 0.0110 e. The van der Waals surface area contributed by atoms with Crippen molar-refractivity contribution in [3.8, 4) is 0 Å². The predicted octanol–water partition coefficient (Wildman–Crippen LogP) is -3.54. The highest BCUT2D eigenvalue weighted by Crippen LogP contribution is 1.96. The van der Waals surface area contributed by atoms with Gasteiger partial charge < -0.3 is 49.9 Å². The maximum absolute atomic E-state index is 5.80. The van der Waals surface area contributed by atoms with Crippen molar-refractivity contribution in [1.29, 1.82) is 0 Å². The van der Waals surface area contributed by atoms with E-state index < -0.39 is 0 Å². The van der Waals surface area contributed by atoms with E-state index in [4.69, 9.17) is 28.7 Å². The van der Waals surface area contributed by atoms with Crippen molar-refractivity contribution in [2.75, 3.05) is 144 Å². The van der Waals surface area contributed by atoms with E-state index in [1.165, 1.54) is 6.42 Å². The first kappa shape index (κ1) is 38.7. The number of rotatable bonds is 28. The lowest BCUT2D eigenvalue weighted by molar-refractivity contribution is 0.178. The number of nitrogens with two attached hydrogens (primary N) is 5. The maximum atomic E-state index is 5.80. The van der Waals surface area contributed by atoms with E-state index >= 15 is 0 Å². The summed E-state index contributed by atoms with van der Waals surface area (Å²) in [6.07, 6.45) is 1.17. The zero-order valence-corrected chi connectivity index (χ0v) is 24.5. The molecule has 0 spiro atoms. The SMILES string of the molecule is CCCNCCN(CCN(CCN)CCN)CCN(CCNCCN)CCNCCNCCN.CCN. The third-order valence-corrected chi connectivity index (χ3v) is 5.72. The summed E-state index contributed by atoms with van der Waals surface area (Å²) in [5.74, 6) is 0. The molecule has 0 aromatic heterocycles. The first-order chi connectivity index (χ1) is 18.1. The molecule has 14 N–H and O–H groups in total. The molecule has 0 aliphatic rings. The average molecular weight is 535 g/mol. The Kier molecular flexibility index (Phi) is 35.1. The van der Waals surface area contributed by atoms with E-state index in [0.29, 0.717) is 26.2 Å². The Morgan fingerprint density at radius 3 is 1.08 bits per heavy atom. The van der Waals surface area contributed by atoms with Gasteiger partial charge in [0.15, 0.2) is 0 Å². The van der Waals surface area contributed by atoms with Gasteiger partial charge in [0.2, 0.25) is 0 Å². The highest BCUT2D eigenvalue weighted by Gasteiger charge is 2.11. The van der Waals surface area contributed by atoms with Crippen LogP contribution >= 0.6 is 0 Å². The van der Waals surface area contributed by atoms with Crippen LogP contribution in [0.4, 0.5) is 0 Å². The minimum absolute atomic E-state index is 0.677. The van der Waals surface area contributed by atoms with Crippen molar-refractivity contribution in [3.05, 3.63) is 0 Å². The summed E-state index contributed by atoms with van der Waals surface area (Å²) in [7, 11) is 0. The van der Waals surface area contributed by atoms with Crippen molar-refractivity contribution in [3.63, 3.8) is 0 Å². The molecule has 0 rings (SSSR count). The molecule has 12 nitrogen and oxygen atoms in total. The molecule has 12 heteroatoms. The number of hydrogen-bond acceptors (Lipinski definition) is 12. The summed E-state index contributed by atoms with van der Waals surface area (Å²) in [4.78, 5) is 7.50. The summed E-state index contributed by atoms with van der Waals surface area (Å²) >= 11 is 0. The monoisotopic (exact) mass is 535 g/mol. The number of hydrogen-bond donors (Lipinski definition) is 9. The second-order valence-corrected chi connectivity index (χ2v) is 9.09. The molecule has 0 saturated carbocycles. The molecule has 0 atom stereocenters. The van der Waals surface area contributed by atoms with Crippen LogP contribution in [0.2, 0.25) is 0 Å². The lowest BCUT2D eigenvalue weighted by atomic mass is 10.3. The van der Waals surface area contributed by atoms with Gasteiger partial charge in [-0.2, -0.15) is 0 Å². The van der Waals surface area contributed by atoms with Gasteiger partial charge in [0.1, 0.15) is 0 Å². The van der Waals surface area contributed by atoms with Gasteiger partial charge in [-0.15, -0.1) is 0 Å². The van der Waals surface area contributed by atoms with Crippen LogP contribution in [0.25, 0.3) is 0 Å². The summed E-state index contributed by atoms with van der Waals surface area (Å²) in [6, 6.07) is 0. The molecule has 0 aliphatic heterocycles. The van der Waals surface area contributed by atoms with E-state index in [1.807, 2.05) is 6.92 Å². The molecule has 37 heavy (non-hydrogen) atoms. The summed E-state index contributed by atoms with van der Waals surface area (Å²) < 4.78 is 0. The lowest BCUT2D eigenvalue weighted by Gasteiger charge is -2.30. The quantitative estimate of drug-likeness (QED) is 0.0451. The van der Waals surface area contributed by atoms with E-state index in [0.717, 1.165) is 118 Å². The van der Waals surface area contributed by atoms with Crippen LogP contribution in [0.1, 0.15) is 20.3 Å². The minimum atomic E-state index is 0.677. The van der Waals surface area contributed by atoms with Crippen LogP contribution in [0.3, 0.4) is 0 Å². The Labute approximate surface area is 229 Å². The van der Waals surface area contributed by atoms with Crippen LogP contribution in [-0.4, -0.2) is 159 Å². The number of nitrogens with zero attached hydrogens (tertiary/aromatic N) is 3.